The third-order valence-electron chi connectivity index (χ3n) is 2.22. The molecule has 2 N–H and O–H groups in total. The first kappa shape index (κ1) is 10.3. The van der Waals surface area contributed by atoms with Crippen LogP contribution in [0, 0.1) is 0 Å². The fourth-order valence-corrected chi connectivity index (χ4v) is 1.44. The first-order chi connectivity index (χ1) is 7.81. The average Bonchev–Trinajstić information content (AvgIpc) is 2.97. The van der Waals surface area contributed by atoms with Gasteiger partial charge in [-0.25, -0.2) is 4.79 Å². The van der Waals surface area contributed by atoms with Gasteiger partial charge in [0.25, 0.3) is 0 Å². The fourth-order valence-electron chi connectivity index (χ4n) is 1.44. The summed E-state index contributed by atoms with van der Waals surface area (Å²) in [7, 11) is 1.37. The topological polar surface area (TPSA) is 57.9 Å². The van der Waals surface area contributed by atoms with Crippen LogP contribution in [0.3, 0.4) is 0 Å². The normalized spacial score (nSPS) is 11.4. The SMILES string of the molecule is COC(=O)/C(=C/c1ccc[nH]1)c1ccc[nH]1. The Hall–Kier alpha value is -2.23. The van der Waals surface area contributed by atoms with Gasteiger partial charge in [0.05, 0.1) is 18.4 Å². The van der Waals surface area contributed by atoms with Crippen LogP contribution >= 0.6 is 0 Å². The Kier molecular flexibility index (Phi) is 2.91. The van der Waals surface area contributed by atoms with Crippen molar-refractivity contribution >= 4 is 17.6 Å². The van der Waals surface area contributed by atoms with Gasteiger partial charge in [0.1, 0.15) is 0 Å². The molecule has 4 nitrogen and oxygen atoms in total. The Labute approximate surface area is 93.0 Å². The van der Waals surface area contributed by atoms with Gasteiger partial charge < -0.3 is 14.7 Å². The third kappa shape index (κ3) is 2.06. The molecule has 0 saturated heterocycles. The molecule has 0 saturated carbocycles. The number of H-pyrrole nitrogens is 2. The monoisotopic (exact) mass is 216 g/mol. The van der Waals surface area contributed by atoms with Crippen LogP contribution in [-0.4, -0.2) is 23.0 Å². The zero-order valence-electron chi connectivity index (χ0n) is 8.86. The second kappa shape index (κ2) is 4.53. The van der Waals surface area contributed by atoms with Crippen molar-refractivity contribution in [3.8, 4) is 0 Å². The maximum atomic E-state index is 11.6. The second-order valence-corrected chi connectivity index (χ2v) is 3.26. The molecule has 0 fully saturated rings. The van der Waals surface area contributed by atoms with E-state index < -0.39 is 0 Å². The van der Waals surface area contributed by atoms with E-state index in [2.05, 4.69) is 9.97 Å². The highest BCUT2D eigenvalue weighted by Crippen LogP contribution is 2.17. The van der Waals surface area contributed by atoms with Gasteiger partial charge in [-0.2, -0.15) is 0 Å². The molecule has 0 aliphatic heterocycles. The molecule has 2 rings (SSSR count). The lowest BCUT2D eigenvalue weighted by Gasteiger charge is -2.02. The zero-order chi connectivity index (χ0) is 11.4. The fraction of sp³-hybridized carbons (Fsp3) is 0.0833. The molecular weight excluding hydrogens is 204 g/mol. The first-order valence-electron chi connectivity index (χ1n) is 4.88. The molecular formula is C12H12N2O2. The van der Waals surface area contributed by atoms with Gasteiger partial charge in [0.2, 0.25) is 0 Å². The number of ether oxygens (including phenoxy) is 1. The average molecular weight is 216 g/mol. The summed E-state index contributed by atoms with van der Waals surface area (Å²) < 4.78 is 4.74. The highest BCUT2D eigenvalue weighted by molar-refractivity contribution is 6.20. The number of esters is 1. The molecule has 0 atom stereocenters. The molecule has 0 bridgehead atoms. The Bertz CT molecular complexity index is 481. The van der Waals surface area contributed by atoms with E-state index >= 15 is 0 Å². The Morgan fingerprint density at radius 2 is 2.00 bits per heavy atom. The lowest BCUT2D eigenvalue weighted by molar-refractivity contribution is -0.133. The van der Waals surface area contributed by atoms with E-state index in [4.69, 9.17) is 4.74 Å². The summed E-state index contributed by atoms with van der Waals surface area (Å²) in [6, 6.07) is 7.41. The van der Waals surface area contributed by atoms with Gasteiger partial charge >= 0.3 is 5.97 Å². The number of hydrogen-bond acceptors (Lipinski definition) is 2. The molecule has 0 aliphatic carbocycles. The Morgan fingerprint density at radius 3 is 2.56 bits per heavy atom. The van der Waals surface area contributed by atoms with E-state index in [1.54, 1.807) is 18.5 Å². The van der Waals surface area contributed by atoms with Crippen LogP contribution in [0.25, 0.3) is 11.6 Å². The minimum Gasteiger partial charge on any atom is -0.465 e. The summed E-state index contributed by atoms with van der Waals surface area (Å²) >= 11 is 0. The van der Waals surface area contributed by atoms with Gasteiger partial charge in [-0.3, -0.25) is 0 Å². The lowest BCUT2D eigenvalue weighted by atomic mass is 10.1. The molecule has 2 aromatic heterocycles. The van der Waals surface area contributed by atoms with Gasteiger partial charge in [0.15, 0.2) is 0 Å². The summed E-state index contributed by atoms with van der Waals surface area (Å²) in [5, 5.41) is 0. The van der Waals surface area contributed by atoms with Crippen molar-refractivity contribution in [2.45, 2.75) is 0 Å². The maximum Gasteiger partial charge on any atom is 0.340 e. The molecule has 0 radical (unpaired) electrons. The van der Waals surface area contributed by atoms with Crippen molar-refractivity contribution in [2.24, 2.45) is 0 Å². The standard InChI is InChI=1S/C12H12N2O2/c1-16-12(15)10(11-5-3-7-14-11)8-9-4-2-6-13-9/h2-8,13-14H,1H3/b10-8+. The Morgan fingerprint density at radius 1 is 1.25 bits per heavy atom. The molecule has 0 unspecified atom stereocenters. The van der Waals surface area contributed by atoms with Crippen LogP contribution in [0.1, 0.15) is 11.4 Å². The number of aromatic nitrogens is 2. The van der Waals surface area contributed by atoms with Crippen molar-refractivity contribution in [1.82, 2.24) is 9.97 Å². The van der Waals surface area contributed by atoms with E-state index in [9.17, 15) is 4.79 Å². The van der Waals surface area contributed by atoms with E-state index in [0.717, 1.165) is 11.4 Å². The molecule has 0 aliphatic rings. The molecule has 16 heavy (non-hydrogen) atoms. The van der Waals surface area contributed by atoms with Crippen LogP contribution in [-0.2, 0) is 9.53 Å². The van der Waals surface area contributed by atoms with Crippen molar-refractivity contribution in [2.75, 3.05) is 7.11 Å². The summed E-state index contributed by atoms with van der Waals surface area (Å²) in [6.45, 7) is 0. The zero-order valence-corrected chi connectivity index (χ0v) is 8.86. The van der Waals surface area contributed by atoms with Crippen LogP contribution in [0.5, 0.6) is 0 Å². The molecule has 0 aromatic carbocycles. The lowest BCUT2D eigenvalue weighted by Crippen LogP contribution is -2.04. The van der Waals surface area contributed by atoms with E-state index in [1.165, 1.54) is 7.11 Å². The number of methoxy groups -OCH3 is 1. The minimum absolute atomic E-state index is 0.364. The van der Waals surface area contributed by atoms with Crippen molar-refractivity contribution < 1.29 is 9.53 Å². The predicted octanol–water partition coefficient (Wildman–Crippen LogP) is 2.06. The van der Waals surface area contributed by atoms with Gasteiger partial charge in [0, 0.05) is 18.1 Å². The van der Waals surface area contributed by atoms with Crippen LogP contribution < -0.4 is 0 Å². The number of carbonyl (C=O) groups excluding carboxylic acids is 1. The molecule has 2 aromatic rings. The number of carbonyl (C=O) groups is 1. The van der Waals surface area contributed by atoms with Gasteiger partial charge in [-0.1, -0.05) is 0 Å². The number of nitrogens with one attached hydrogen (secondary N) is 2. The quantitative estimate of drug-likeness (QED) is 0.609. The molecule has 82 valence electrons. The number of rotatable bonds is 3. The summed E-state index contributed by atoms with van der Waals surface area (Å²) in [4.78, 5) is 17.6. The summed E-state index contributed by atoms with van der Waals surface area (Å²) in [6.07, 6.45) is 5.31. The van der Waals surface area contributed by atoms with Crippen molar-refractivity contribution in [3.63, 3.8) is 0 Å². The van der Waals surface area contributed by atoms with Gasteiger partial charge in [-0.05, 0) is 30.3 Å². The van der Waals surface area contributed by atoms with Gasteiger partial charge in [-0.15, -0.1) is 0 Å². The van der Waals surface area contributed by atoms with Crippen molar-refractivity contribution in [3.05, 3.63) is 48.0 Å². The van der Waals surface area contributed by atoms with E-state index in [0.29, 0.717) is 5.57 Å². The smallest absolute Gasteiger partial charge is 0.340 e. The minimum atomic E-state index is -0.364. The highest BCUT2D eigenvalue weighted by atomic mass is 16.5. The highest BCUT2D eigenvalue weighted by Gasteiger charge is 2.13. The molecule has 0 spiro atoms. The molecule has 0 amide bonds. The molecule has 2 heterocycles. The largest absolute Gasteiger partial charge is 0.465 e. The molecule has 4 heteroatoms. The van der Waals surface area contributed by atoms with Crippen LogP contribution in [0.4, 0.5) is 0 Å². The first-order valence-corrected chi connectivity index (χ1v) is 4.88. The van der Waals surface area contributed by atoms with Crippen LogP contribution in [0.15, 0.2) is 36.7 Å². The Balaban J connectivity index is 2.40. The second-order valence-electron chi connectivity index (χ2n) is 3.26. The summed E-state index contributed by atoms with van der Waals surface area (Å²) in [5.41, 5.74) is 2.09. The van der Waals surface area contributed by atoms with E-state index in [1.807, 2.05) is 24.3 Å². The number of hydrogen-bond donors (Lipinski definition) is 2. The summed E-state index contributed by atoms with van der Waals surface area (Å²) in [5.74, 6) is -0.364. The maximum absolute atomic E-state index is 11.6. The van der Waals surface area contributed by atoms with E-state index in [-0.39, 0.29) is 5.97 Å². The predicted molar refractivity (Wildman–Crippen MR) is 61.5 cm³/mol. The van der Waals surface area contributed by atoms with Crippen molar-refractivity contribution in [1.29, 1.82) is 0 Å². The van der Waals surface area contributed by atoms with Crippen LogP contribution in [0.2, 0.25) is 0 Å². The third-order valence-corrected chi connectivity index (χ3v) is 2.22. The number of aromatic amines is 2.